The lowest BCUT2D eigenvalue weighted by atomic mass is 9.93. The van der Waals surface area contributed by atoms with Gasteiger partial charge in [0.15, 0.2) is 0 Å². The number of hydrogen-bond acceptors (Lipinski definition) is 3. The normalized spacial score (nSPS) is 19.4. The van der Waals surface area contributed by atoms with Crippen molar-refractivity contribution in [2.75, 3.05) is 33.2 Å². The highest BCUT2D eigenvalue weighted by molar-refractivity contribution is 5.79. The van der Waals surface area contributed by atoms with Crippen LogP contribution < -0.4 is 0 Å². The highest BCUT2D eigenvalue weighted by Crippen LogP contribution is 2.18. The maximum absolute atomic E-state index is 11.4. The Kier molecular flexibility index (Phi) is 3.34. The van der Waals surface area contributed by atoms with Crippen molar-refractivity contribution in [3.8, 4) is 0 Å². The smallest absolute Gasteiger partial charge is 0.310 e. The van der Waals surface area contributed by atoms with Gasteiger partial charge in [-0.2, -0.15) is 0 Å². The number of carboxylic acid groups (broad SMARTS) is 1. The number of likely N-dealkylation sites (N-methyl/N-ethyl adjacent to an activating group) is 1. The Morgan fingerprint density at radius 1 is 1.47 bits per heavy atom. The molecule has 0 atom stereocenters. The first kappa shape index (κ1) is 12.0. The minimum Gasteiger partial charge on any atom is -0.481 e. The number of piperazine rings is 1. The fourth-order valence-corrected chi connectivity index (χ4v) is 1.57. The fourth-order valence-electron chi connectivity index (χ4n) is 1.57. The van der Waals surface area contributed by atoms with E-state index in [9.17, 15) is 9.59 Å². The van der Waals surface area contributed by atoms with Gasteiger partial charge < -0.3 is 10.0 Å². The molecule has 5 heteroatoms. The van der Waals surface area contributed by atoms with Gasteiger partial charge in [-0.05, 0) is 13.8 Å². The predicted octanol–water partition coefficient (Wildman–Crippen LogP) is -0.129. The maximum Gasteiger partial charge on any atom is 0.310 e. The van der Waals surface area contributed by atoms with Crippen LogP contribution in [-0.4, -0.2) is 60.0 Å². The molecule has 1 aliphatic rings. The molecule has 0 unspecified atom stereocenters. The Labute approximate surface area is 89.7 Å². The van der Waals surface area contributed by atoms with Crippen LogP contribution in [0.2, 0.25) is 0 Å². The molecule has 0 saturated carbocycles. The van der Waals surface area contributed by atoms with Crippen LogP contribution in [0.1, 0.15) is 13.8 Å². The van der Waals surface area contributed by atoms with Gasteiger partial charge >= 0.3 is 5.97 Å². The Balaban J connectivity index is 2.54. The zero-order valence-electron chi connectivity index (χ0n) is 9.49. The van der Waals surface area contributed by atoms with Crippen LogP contribution in [-0.2, 0) is 9.59 Å². The standard InChI is InChI=1S/C10H18N2O3/c1-10(2,9(14)15)7-12-5-4-11(3)8(13)6-12/h4-7H2,1-3H3,(H,14,15). The number of carbonyl (C=O) groups is 2. The molecular formula is C10H18N2O3. The number of carboxylic acids is 1. The van der Waals surface area contributed by atoms with E-state index in [0.29, 0.717) is 19.6 Å². The molecule has 1 N–H and O–H groups in total. The van der Waals surface area contributed by atoms with Gasteiger partial charge in [0, 0.05) is 26.7 Å². The number of carbonyl (C=O) groups excluding carboxylic acids is 1. The van der Waals surface area contributed by atoms with Gasteiger partial charge in [-0.25, -0.2) is 0 Å². The summed E-state index contributed by atoms with van der Waals surface area (Å²) in [6.07, 6.45) is 0. The SMILES string of the molecule is CN1CCN(CC(C)(C)C(=O)O)CC1=O. The zero-order chi connectivity index (χ0) is 11.6. The minimum absolute atomic E-state index is 0.0578. The van der Waals surface area contributed by atoms with Crippen molar-refractivity contribution in [3.05, 3.63) is 0 Å². The zero-order valence-corrected chi connectivity index (χ0v) is 9.49. The van der Waals surface area contributed by atoms with Gasteiger partial charge in [-0.15, -0.1) is 0 Å². The van der Waals surface area contributed by atoms with Crippen LogP contribution in [0.15, 0.2) is 0 Å². The molecule has 0 spiro atoms. The van der Waals surface area contributed by atoms with Crippen molar-refractivity contribution in [2.24, 2.45) is 5.41 Å². The van der Waals surface area contributed by atoms with E-state index in [2.05, 4.69) is 0 Å². The molecule has 15 heavy (non-hydrogen) atoms. The highest BCUT2D eigenvalue weighted by Gasteiger charge is 2.32. The molecule has 5 nitrogen and oxygen atoms in total. The van der Waals surface area contributed by atoms with Crippen LogP contribution in [0.5, 0.6) is 0 Å². The van der Waals surface area contributed by atoms with Crippen LogP contribution in [0, 0.1) is 5.41 Å². The molecule has 1 amide bonds. The van der Waals surface area contributed by atoms with Crippen molar-refractivity contribution in [1.29, 1.82) is 0 Å². The quantitative estimate of drug-likeness (QED) is 0.711. The molecule has 0 aromatic rings. The molecule has 0 radical (unpaired) electrons. The third kappa shape index (κ3) is 2.92. The topological polar surface area (TPSA) is 60.9 Å². The second kappa shape index (κ2) is 4.18. The summed E-state index contributed by atoms with van der Waals surface area (Å²) in [6, 6.07) is 0. The van der Waals surface area contributed by atoms with Gasteiger partial charge in [0.2, 0.25) is 5.91 Å². The molecule has 1 aliphatic heterocycles. The molecule has 1 rings (SSSR count). The van der Waals surface area contributed by atoms with E-state index >= 15 is 0 Å². The van der Waals surface area contributed by atoms with Gasteiger partial charge in [0.05, 0.1) is 12.0 Å². The lowest BCUT2D eigenvalue weighted by Gasteiger charge is -2.35. The highest BCUT2D eigenvalue weighted by atomic mass is 16.4. The van der Waals surface area contributed by atoms with Crippen molar-refractivity contribution in [1.82, 2.24) is 9.80 Å². The Morgan fingerprint density at radius 3 is 2.53 bits per heavy atom. The summed E-state index contributed by atoms with van der Waals surface area (Å²) in [6.45, 7) is 5.53. The molecule has 1 heterocycles. The summed E-state index contributed by atoms with van der Waals surface area (Å²) in [5, 5.41) is 8.97. The van der Waals surface area contributed by atoms with E-state index < -0.39 is 11.4 Å². The number of amides is 1. The van der Waals surface area contributed by atoms with Crippen molar-refractivity contribution in [3.63, 3.8) is 0 Å². The average molecular weight is 214 g/mol. The third-order valence-electron chi connectivity index (χ3n) is 2.73. The van der Waals surface area contributed by atoms with Crippen LogP contribution in [0.4, 0.5) is 0 Å². The van der Waals surface area contributed by atoms with E-state index in [1.807, 2.05) is 4.90 Å². The first-order valence-electron chi connectivity index (χ1n) is 5.02. The van der Waals surface area contributed by atoms with Gasteiger partial charge in [-0.3, -0.25) is 14.5 Å². The Hall–Kier alpha value is -1.10. The van der Waals surface area contributed by atoms with E-state index in [-0.39, 0.29) is 5.91 Å². The van der Waals surface area contributed by atoms with Crippen molar-refractivity contribution < 1.29 is 14.7 Å². The predicted molar refractivity (Wildman–Crippen MR) is 55.5 cm³/mol. The largest absolute Gasteiger partial charge is 0.481 e. The molecule has 1 saturated heterocycles. The molecule has 86 valence electrons. The second-order valence-corrected chi connectivity index (χ2v) is 4.71. The third-order valence-corrected chi connectivity index (χ3v) is 2.73. The van der Waals surface area contributed by atoms with Gasteiger partial charge in [-0.1, -0.05) is 0 Å². The number of aliphatic carboxylic acids is 1. The lowest BCUT2D eigenvalue weighted by molar-refractivity contribution is -0.149. The molecule has 1 fully saturated rings. The maximum atomic E-state index is 11.4. The van der Waals surface area contributed by atoms with Crippen molar-refractivity contribution >= 4 is 11.9 Å². The van der Waals surface area contributed by atoms with E-state index in [0.717, 1.165) is 6.54 Å². The lowest BCUT2D eigenvalue weighted by Crippen LogP contribution is -2.51. The summed E-state index contributed by atoms with van der Waals surface area (Å²) in [7, 11) is 1.77. The van der Waals surface area contributed by atoms with Crippen LogP contribution in [0.25, 0.3) is 0 Å². The fraction of sp³-hybridized carbons (Fsp3) is 0.800. The second-order valence-electron chi connectivity index (χ2n) is 4.71. The molecular weight excluding hydrogens is 196 g/mol. The summed E-state index contributed by atoms with van der Waals surface area (Å²) in [5.41, 5.74) is -0.795. The number of nitrogens with zero attached hydrogens (tertiary/aromatic N) is 2. The summed E-state index contributed by atoms with van der Waals surface area (Å²) >= 11 is 0. The summed E-state index contributed by atoms with van der Waals surface area (Å²) in [4.78, 5) is 25.9. The van der Waals surface area contributed by atoms with Crippen molar-refractivity contribution in [2.45, 2.75) is 13.8 Å². The molecule has 0 aliphatic carbocycles. The molecule has 0 aromatic carbocycles. The number of rotatable bonds is 3. The van der Waals surface area contributed by atoms with Crippen LogP contribution in [0.3, 0.4) is 0 Å². The van der Waals surface area contributed by atoms with Gasteiger partial charge in [0.25, 0.3) is 0 Å². The Morgan fingerprint density at radius 2 is 2.07 bits per heavy atom. The van der Waals surface area contributed by atoms with E-state index in [4.69, 9.17) is 5.11 Å². The average Bonchev–Trinajstić information content (AvgIpc) is 2.10. The molecule has 0 aromatic heterocycles. The van der Waals surface area contributed by atoms with Gasteiger partial charge in [0.1, 0.15) is 0 Å². The summed E-state index contributed by atoms with van der Waals surface area (Å²) < 4.78 is 0. The monoisotopic (exact) mass is 214 g/mol. The Bertz CT molecular complexity index is 276. The molecule has 0 bridgehead atoms. The minimum atomic E-state index is -0.825. The first-order chi connectivity index (χ1) is 6.83. The van der Waals surface area contributed by atoms with Crippen LogP contribution >= 0.6 is 0 Å². The van der Waals surface area contributed by atoms with E-state index in [1.165, 1.54) is 0 Å². The van der Waals surface area contributed by atoms with E-state index in [1.54, 1.807) is 25.8 Å². The number of hydrogen-bond donors (Lipinski definition) is 1. The summed E-state index contributed by atoms with van der Waals surface area (Å²) in [5.74, 6) is -0.767. The first-order valence-corrected chi connectivity index (χ1v) is 5.02.